The molecule has 0 bridgehead atoms. The van der Waals surface area contributed by atoms with Crippen LogP contribution in [0.4, 0.5) is 11.4 Å². The van der Waals surface area contributed by atoms with Crippen LogP contribution < -0.4 is 10.2 Å². The molecule has 2 amide bonds. The summed E-state index contributed by atoms with van der Waals surface area (Å²) in [5, 5.41) is 2.97. The maximum Gasteiger partial charge on any atom is 0.256 e. The first-order valence-electron chi connectivity index (χ1n) is 11.7. The molecule has 1 aliphatic rings. The van der Waals surface area contributed by atoms with Crippen molar-refractivity contribution in [2.45, 2.75) is 11.3 Å². The lowest BCUT2D eigenvalue weighted by Crippen LogP contribution is -2.49. The number of para-hydroxylation sites is 1. The van der Waals surface area contributed by atoms with Gasteiger partial charge in [-0.3, -0.25) is 9.59 Å². The van der Waals surface area contributed by atoms with E-state index in [0.717, 1.165) is 39.1 Å². The minimum absolute atomic E-state index is 0.109. The van der Waals surface area contributed by atoms with Gasteiger partial charge in [-0.05, 0) is 48.2 Å². The summed E-state index contributed by atoms with van der Waals surface area (Å²) in [7, 11) is 0. The van der Waals surface area contributed by atoms with Crippen LogP contribution in [0.3, 0.4) is 0 Å². The van der Waals surface area contributed by atoms with Crippen molar-refractivity contribution < 1.29 is 9.59 Å². The van der Waals surface area contributed by atoms with E-state index in [9.17, 15) is 9.59 Å². The first kappa shape index (κ1) is 23.4. The topological polar surface area (TPSA) is 65.5 Å². The van der Waals surface area contributed by atoms with Gasteiger partial charge in [-0.2, -0.15) is 0 Å². The number of thioether (sulfide) groups is 1. The van der Waals surface area contributed by atoms with E-state index in [1.165, 1.54) is 0 Å². The highest BCUT2D eigenvalue weighted by atomic mass is 32.2. The van der Waals surface area contributed by atoms with Crippen molar-refractivity contribution in [2.24, 2.45) is 0 Å². The van der Waals surface area contributed by atoms with Gasteiger partial charge in [0.05, 0.1) is 21.3 Å². The predicted octanol–water partition coefficient (Wildman–Crippen LogP) is 5.62. The molecule has 178 valence electrons. The number of amides is 2. The normalized spacial score (nSPS) is 13.7. The number of aromatic nitrogens is 1. The van der Waals surface area contributed by atoms with Crippen molar-refractivity contribution in [1.29, 1.82) is 0 Å². The summed E-state index contributed by atoms with van der Waals surface area (Å²) in [6, 6.07) is 23.0. The molecule has 6 nitrogen and oxygen atoms in total. The van der Waals surface area contributed by atoms with E-state index in [4.69, 9.17) is 0 Å². The van der Waals surface area contributed by atoms with E-state index in [1.807, 2.05) is 41.3 Å². The summed E-state index contributed by atoms with van der Waals surface area (Å²) in [4.78, 5) is 35.3. The van der Waals surface area contributed by atoms with Crippen molar-refractivity contribution >= 4 is 56.5 Å². The Morgan fingerprint density at radius 2 is 1.66 bits per heavy atom. The zero-order valence-corrected chi connectivity index (χ0v) is 21.1. The number of rotatable bonds is 6. The Kier molecular flexibility index (Phi) is 7.01. The SMILES string of the molecule is CCSc1nc2ccc(NC(=O)c3ccccc3C(=O)N3CCN(c4ccccc4)CC3)cc2s1. The minimum atomic E-state index is -0.288. The van der Waals surface area contributed by atoms with Crippen LogP contribution in [0.1, 0.15) is 27.6 Å². The van der Waals surface area contributed by atoms with Crippen LogP contribution in [0.2, 0.25) is 0 Å². The van der Waals surface area contributed by atoms with Gasteiger partial charge < -0.3 is 15.1 Å². The van der Waals surface area contributed by atoms with Gasteiger partial charge in [-0.1, -0.05) is 49.0 Å². The summed E-state index contributed by atoms with van der Waals surface area (Å²) in [5.41, 5.74) is 3.60. The molecule has 1 saturated heterocycles. The minimum Gasteiger partial charge on any atom is -0.368 e. The first-order chi connectivity index (χ1) is 17.1. The van der Waals surface area contributed by atoms with E-state index in [1.54, 1.807) is 47.4 Å². The van der Waals surface area contributed by atoms with E-state index < -0.39 is 0 Å². The number of hydrogen-bond acceptors (Lipinski definition) is 6. The monoisotopic (exact) mass is 502 g/mol. The third kappa shape index (κ3) is 5.18. The molecular weight excluding hydrogens is 476 g/mol. The number of carbonyl (C=O) groups is 2. The fraction of sp³-hybridized carbons (Fsp3) is 0.222. The summed E-state index contributed by atoms with van der Waals surface area (Å²) >= 11 is 3.33. The number of anilines is 2. The van der Waals surface area contributed by atoms with Gasteiger partial charge in [0, 0.05) is 37.6 Å². The number of carbonyl (C=O) groups excluding carboxylic acids is 2. The van der Waals surface area contributed by atoms with Gasteiger partial charge in [-0.25, -0.2) is 4.98 Å². The number of thiazole rings is 1. The third-order valence-electron chi connectivity index (χ3n) is 5.98. The van der Waals surface area contributed by atoms with Gasteiger partial charge in [0.25, 0.3) is 11.8 Å². The Bertz CT molecular complexity index is 1350. The molecule has 0 radical (unpaired) electrons. The smallest absolute Gasteiger partial charge is 0.256 e. The van der Waals surface area contributed by atoms with E-state index >= 15 is 0 Å². The molecule has 0 spiro atoms. The summed E-state index contributed by atoms with van der Waals surface area (Å²) in [6.45, 7) is 4.85. The van der Waals surface area contributed by atoms with Gasteiger partial charge >= 0.3 is 0 Å². The largest absolute Gasteiger partial charge is 0.368 e. The fourth-order valence-electron chi connectivity index (χ4n) is 4.21. The number of hydrogen-bond donors (Lipinski definition) is 1. The van der Waals surface area contributed by atoms with Crippen LogP contribution in [-0.2, 0) is 0 Å². The molecule has 8 heteroatoms. The van der Waals surface area contributed by atoms with Crippen LogP contribution in [-0.4, -0.2) is 53.6 Å². The molecule has 0 unspecified atom stereocenters. The number of piperazine rings is 1. The van der Waals surface area contributed by atoms with Crippen LogP contribution in [0, 0.1) is 0 Å². The maximum absolute atomic E-state index is 13.4. The van der Waals surface area contributed by atoms with Crippen molar-refractivity contribution in [1.82, 2.24) is 9.88 Å². The highest BCUT2D eigenvalue weighted by Gasteiger charge is 2.25. The van der Waals surface area contributed by atoms with Gasteiger partial charge in [0.1, 0.15) is 0 Å². The molecule has 1 N–H and O–H groups in total. The van der Waals surface area contributed by atoms with E-state index in [0.29, 0.717) is 29.9 Å². The zero-order valence-electron chi connectivity index (χ0n) is 19.4. The molecule has 2 heterocycles. The molecule has 3 aromatic carbocycles. The highest BCUT2D eigenvalue weighted by Crippen LogP contribution is 2.31. The predicted molar refractivity (Wildman–Crippen MR) is 145 cm³/mol. The fourth-order valence-corrected chi connectivity index (χ4v) is 6.21. The van der Waals surface area contributed by atoms with Crippen LogP contribution in [0.5, 0.6) is 0 Å². The van der Waals surface area contributed by atoms with Crippen molar-refractivity contribution in [3.8, 4) is 0 Å². The van der Waals surface area contributed by atoms with Crippen molar-refractivity contribution in [3.63, 3.8) is 0 Å². The van der Waals surface area contributed by atoms with Gasteiger partial charge in [0.2, 0.25) is 0 Å². The summed E-state index contributed by atoms with van der Waals surface area (Å²) in [6.07, 6.45) is 0. The average molecular weight is 503 g/mol. The summed E-state index contributed by atoms with van der Waals surface area (Å²) in [5.74, 6) is 0.571. The van der Waals surface area contributed by atoms with Crippen molar-refractivity contribution in [2.75, 3.05) is 42.1 Å². The first-order valence-corrected chi connectivity index (χ1v) is 13.5. The second kappa shape index (κ2) is 10.5. The molecule has 1 aliphatic heterocycles. The van der Waals surface area contributed by atoms with E-state index in [2.05, 4.69) is 34.3 Å². The van der Waals surface area contributed by atoms with Crippen LogP contribution in [0.15, 0.2) is 77.1 Å². The molecule has 4 aromatic rings. The van der Waals surface area contributed by atoms with E-state index in [-0.39, 0.29) is 11.8 Å². The number of nitrogens with zero attached hydrogens (tertiary/aromatic N) is 3. The molecular formula is C27H26N4O2S2. The van der Waals surface area contributed by atoms with Crippen LogP contribution >= 0.6 is 23.1 Å². The quantitative estimate of drug-likeness (QED) is 0.347. The molecule has 35 heavy (non-hydrogen) atoms. The zero-order chi connectivity index (χ0) is 24.2. The maximum atomic E-state index is 13.4. The Morgan fingerprint density at radius 3 is 2.40 bits per heavy atom. The average Bonchev–Trinajstić information content (AvgIpc) is 3.31. The standard InChI is InChI=1S/C27H26N4O2S2/c1-2-34-27-29-23-13-12-19(18-24(23)35-27)28-25(32)21-10-6-7-11-22(21)26(33)31-16-14-30(15-17-31)20-8-4-3-5-9-20/h3-13,18H,2,14-17H2,1H3,(H,28,32). The lowest BCUT2D eigenvalue weighted by Gasteiger charge is -2.36. The Labute approximate surface area is 213 Å². The molecule has 5 rings (SSSR count). The number of fused-ring (bicyclic) bond motifs is 1. The molecule has 1 aromatic heterocycles. The van der Waals surface area contributed by atoms with Gasteiger partial charge in [-0.15, -0.1) is 11.3 Å². The molecule has 0 saturated carbocycles. The summed E-state index contributed by atoms with van der Waals surface area (Å²) < 4.78 is 2.05. The number of nitrogens with one attached hydrogen (secondary N) is 1. The highest BCUT2D eigenvalue weighted by molar-refractivity contribution is 8.01. The van der Waals surface area contributed by atoms with Crippen LogP contribution in [0.25, 0.3) is 10.2 Å². The molecule has 0 aliphatic carbocycles. The van der Waals surface area contributed by atoms with Crippen molar-refractivity contribution in [3.05, 3.63) is 83.9 Å². The number of benzene rings is 3. The second-order valence-electron chi connectivity index (χ2n) is 8.21. The Morgan fingerprint density at radius 1 is 0.943 bits per heavy atom. The molecule has 0 atom stereocenters. The lowest BCUT2D eigenvalue weighted by molar-refractivity contribution is 0.0742. The lowest BCUT2D eigenvalue weighted by atomic mass is 10.0. The Hall–Kier alpha value is -3.36. The van der Waals surface area contributed by atoms with Gasteiger partial charge in [0.15, 0.2) is 4.34 Å². The third-order valence-corrected chi connectivity index (χ3v) is 8.03. The second-order valence-corrected chi connectivity index (χ2v) is 10.8. The Balaban J connectivity index is 1.29. The molecule has 1 fully saturated rings.